The van der Waals surface area contributed by atoms with E-state index in [2.05, 4.69) is 28.8 Å². The molecular formula is C21H28N2O. The summed E-state index contributed by atoms with van der Waals surface area (Å²) in [6, 6.07) is 6.42. The molecule has 3 heteroatoms. The molecule has 0 saturated heterocycles. The van der Waals surface area contributed by atoms with Gasteiger partial charge in [0.05, 0.1) is 6.54 Å². The second-order valence-electron chi connectivity index (χ2n) is 8.94. The first-order valence-electron chi connectivity index (χ1n) is 9.84. The van der Waals surface area contributed by atoms with Crippen molar-refractivity contribution < 1.29 is 4.79 Å². The molecule has 1 amide bonds. The van der Waals surface area contributed by atoms with Crippen molar-refractivity contribution in [2.45, 2.75) is 63.3 Å². The molecule has 6 rings (SSSR count). The molecule has 5 aliphatic carbocycles. The number of rotatable bonds is 4. The quantitative estimate of drug-likeness (QED) is 0.887. The molecule has 0 aromatic heterocycles. The van der Waals surface area contributed by atoms with Crippen LogP contribution in [0.5, 0.6) is 0 Å². The van der Waals surface area contributed by atoms with Crippen LogP contribution in [0.4, 0.5) is 5.69 Å². The first-order valence-corrected chi connectivity index (χ1v) is 9.84. The van der Waals surface area contributed by atoms with E-state index in [1.165, 1.54) is 62.5 Å². The van der Waals surface area contributed by atoms with Crippen LogP contribution in [0.3, 0.4) is 0 Å². The molecule has 0 radical (unpaired) electrons. The number of carbonyl (C=O) groups is 1. The van der Waals surface area contributed by atoms with Gasteiger partial charge >= 0.3 is 0 Å². The summed E-state index contributed by atoms with van der Waals surface area (Å²) in [5, 5.41) is 6.79. The fourth-order valence-corrected chi connectivity index (χ4v) is 6.45. The van der Waals surface area contributed by atoms with Crippen LogP contribution in [-0.2, 0) is 17.6 Å². The van der Waals surface area contributed by atoms with E-state index in [0.717, 1.165) is 29.9 Å². The Labute approximate surface area is 144 Å². The van der Waals surface area contributed by atoms with E-state index in [0.29, 0.717) is 6.54 Å². The van der Waals surface area contributed by atoms with Crippen LogP contribution in [0, 0.1) is 17.8 Å². The first-order chi connectivity index (χ1) is 11.7. The number of fused-ring (bicyclic) bond motifs is 1. The number of amides is 1. The molecule has 0 atom stereocenters. The minimum atomic E-state index is 0.115. The number of carbonyl (C=O) groups excluding carboxylic acids is 1. The normalized spacial score (nSPS) is 35.9. The summed E-state index contributed by atoms with van der Waals surface area (Å²) < 4.78 is 0. The summed E-state index contributed by atoms with van der Waals surface area (Å²) >= 11 is 0. The Morgan fingerprint density at radius 1 is 1.00 bits per heavy atom. The van der Waals surface area contributed by atoms with Gasteiger partial charge in [-0.3, -0.25) is 4.79 Å². The summed E-state index contributed by atoms with van der Waals surface area (Å²) in [6.45, 7) is 0.462. The van der Waals surface area contributed by atoms with Crippen molar-refractivity contribution >= 4 is 11.6 Å². The fraction of sp³-hybridized carbons (Fsp3) is 0.667. The minimum absolute atomic E-state index is 0.115. The van der Waals surface area contributed by atoms with Crippen LogP contribution in [0.1, 0.15) is 56.1 Å². The molecule has 2 N–H and O–H groups in total. The van der Waals surface area contributed by atoms with Gasteiger partial charge in [-0.15, -0.1) is 0 Å². The Kier molecular flexibility index (Phi) is 3.48. The van der Waals surface area contributed by atoms with Crippen molar-refractivity contribution in [2.75, 3.05) is 11.9 Å². The van der Waals surface area contributed by atoms with E-state index in [-0.39, 0.29) is 11.4 Å². The van der Waals surface area contributed by atoms with E-state index in [1.807, 2.05) is 0 Å². The topological polar surface area (TPSA) is 41.1 Å². The molecule has 1 aromatic rings. The van der Waals surface area contributed by atoms with Gasteiger partial charge in [-0.05, 0) is 98.8 Å². The molecule has 128 valence electrons. The van der Waals surface area contributed by atoms with Crippen LogP contribution < -0.4 is 10.6 Å². The molecule has 3 nitrogen and oxygen atoms in total. The van der Waals surface area contributed by atoms with Crippen molar-refractivity contribution in [3.05, 3.63) is 29.3 Å². The summed E-state index contributed by atoms with van der Waals surface area (Å²) in [6.07, 6.45) is 11.8. The summed E-state index contributed by atoms with van der Waals surface area (Å²) in [4.78, 5) is 12.4. The van der Waals surface area contributed by atoms with Crippen molar-refractivity contribution in [3.63, 3.8) is 0 Å². The lowest BCUT2D eigenvalue weighted by Gasteiger charge is -2.57. The molecule has 4 bridgehead atoms. The second kappa shape index (κ2) is 5.59. The van der Waals surface area contributed by atoms with E-state index >= 15 is 0 Å². The predicted molar refractivity (Wildman–Crippen MR) is 96.0 cm³/mol. The van der Waals surface area contributed by atoms with Crippen LogP contribution in [0.15, 0.2) is 18.2 Å². The van der Waals surface area contributed by atoms with Gasteiger partial charge in [0.25, 0.3) is 0 Å². The molecule has 4 fully saturated rings. The van der Waals surface area contributed by atoms with Crippen LogP contribution in [0.25, 0.3) is 0 Å². The van der Waals surface area contributed by atoms with Gasteiger partial charge in [-0.2, -0.15) is 0 Å². The third kappa shape index (κ3) is 2.67. The van der Waals surface area contributed by atoms with Gasteiger partial charge in [0.2, 0.25) is 5.91 Å². The molecule has 1 aromatic carbocycles. The molecule has 24 heavy (non-hydrogen) atoms. The van der Waals surface area contributed by atoms with Gasteiger partial charge in [0.1, 0.15) is 0 Å². The Bertz CT molecular complexity index is 631. The maximum atomic E-state index is 12.4. The zero-order valence-corrected chi connectivity index (χ0v) is 14.4. The van der Waals surface area contributed by atoms with Gasteiger partial charge in [0, 0.05) is 11.2 Å². The van der Waals surface area contributed by atoms with E-state index in [9.17, 15) is 4.79 Å². The zero-order chi connectivity index (χ0) is 16.1. The Morgan fingerprint density at radius 3 is 2.38 bits per heavy atom. The molecule has 0 heterocycles. The Balaban J connectivity index is 1.20. The number of hydrogen-bond donors (Lipinski definition) is 2. The lowest BCUT2D eigenvalue weighted by Crippen LogP contribution is -2.59. The molecule has 5 aliphatic rings. The van der Waals surface area contributed by atoms with Gasteiger partial charge in [-0.25, -0.2) is 0 Å². The lowest BCUT2D eigenvalue weighted by atomic mass is 9.53. The van der Waals surface area contributed by atoms with Crippen LogP contribution in [-0.4, -0.2) is 18.0 Å². The number of anilines is 1. The lowest BCUT2D eigenvalue weighted by molar-refractivity contribution is -0.116. The number of benzene rings is 1. The maximum absolute atomic E-state index is 12.4. The molecule has 0 unspecified atom stereocenters. The van der Waals surface area contributed by atoms with Crippen LogP contribution >= 0.6 is 0 Å². The van der Waals surface area contributed by atoms with Gasteiger partial charge in [-0.1, -0.05) is 6.07 Å². The standard InChI is InChI=1S/C21H28N2O/c24-20(23-19-5-4-17-2-1-3-18(17)9-19)13-22-21-10-14-6-15(11-21)8-16(7-14)12-21/h4-5,9,14-16,22H,1-3,6-8,10-13H2,(H,23,24). The van der Waals surface area contributed by atoms with Crippen molar-refractivity contribution in [1.29, 1.82) is 0 Å². The monoisotopic (exact) mass is 324 g/mol. The summed E-state index contributed by atoms with van der Waals surface area (Å²) in [5.41, 5.74) is 4.11. The highest BCUT2D eigenvalue weighted by Crippen LogP contribution is 2.55. The molecule has 0 spiro atoms. The highest BCUT2D eigenvalue weighted by Gasteiger charge is 2.50. The first kappa shape index (κ1) is 14.9. The van der Waals surface area contributed by atoms with E-state index in [4.69, 9.17) is 0 Å². The number of hydrogen-bond acceptors (Lipinski definition) is 2. The fourth-order valence-electron chi connectivity index (χ4n) is 6.45. The van der Waals surface area contributed by atoms with Crippen LogP contribution in [0.2, 0.25) is 0 Å². The average molecular weight is 324 g/mol. The van der Waals surface area contributed by atoms with E-state index < -0.39 is 0 Å². The highest BCUT2D eigenvalue weighted by atomic mass is 16.1. The van der Waals surface area contributed by atoms with E-state index in [1.54, 1.807) is 0 Å². The van der Waals surface area contributed by atoms with Crippen molar-refractivity contribution in [2.24, 2.45) is 17.8 Å². The van der Waals surface area contributed by atoms with Crippen molar-refractivity contribution in [1.82, 2.24) is 5.32 Å². The van der Waals surface area contributed by atoms with Gasteiger partial charge < -0.3 is 10.6 Å². The summed E-state index contributed by atoms with van der Waals surface area (Å²) in [5.74, 6) is 2.87. The zero-order valence-electron chi connectivity index (χ0n) is 14.4. The molecule has 4 saturated carbocycles. The number of nitrogens with one attached hydrogen (secondary N) is 2. The second-order valence-corrected chi connectivity index (χ2v) is 8.94. The minimum Gasteiger partial charge on any atom is -0.325 e. The maximum Gasteiger partial charge on any atom is 0.238 e. The predicted octanol–water partition coefficient (Wildman–Crippen LogP) is 3.67. The SMILES string of the molecule is O=C(CNC12CC3CC(CC(C3)C1)C2)Nc1ccc2c(c1)CCC2. The highest BCUT2D eigenvalue weighted by molar-refractivity contribution is 5.92. The number of aryl methyl sites for hydroxylation is 2. The smallest absolute Gasteiger partial charge is 0.238 e. The molecular weight excluding hydrogens is 296 g/mol. The Hall–Kier alpha value is -1.35. The molecule has 0 aliphatic heterocycles. The largest absolute Gasteiger partial charge is 0.325 e. The van der Waals surface area contributed by atoms with Gasteiger partial charge in [0.15, 0.2) is 0 Å². The summed E-state index contributed by atoms with van der Waals surface area (Å²) in [7, 11) is 0. The Morgan fingerprint density at radius 2 is 1.67 bits per heavy atom. The third-order valence-electron chi connectivity index (χ3n) is 7.04. The third-order valence-corrected chi connectivity index (χ3v) is 7.04. The van der Waals surface area contributed by atoms with Crippen molar-refractivity contribution in [3.8, 4) is 0 Å². The average Bonchev–Trinajstić information content (AvgIpc) is 2.99.